The molecule has 20 heavy (non-hydrogen) atoms. The molecular formula is C16H17ClFNO. The van der Waals surface area contributed by atoms with Crippen LogP contribution in [0.1, 0.15) is 24.1 Å². The van der Waals surface area contributed by atoms with Crippen molar-refractivity contribution >= 4 is 17.3 Å². The summed E-state index contributed by atoms with van der Waals surface area (Å²) >= 11 is 6.09. The number of halogens is 2. The third-order valence-corrected chi connectivity index (χ3v) is 3.73. The van der Waals surface area contributed by atoms with Crippen LogP contribution in [-0.2, 0) is 0 Å². The Morgan fingerprint density at radius 3 is 2.65 bits per heavy atom. The molecule has 0 fully saturated rings. The normalized spacial score (nSPS) is 12.1. The van der Waals surface area contributed by atoms with Crippen molar-refractivity contribution in [1.82, 2.24) is 0 Å². The number of rotatable bonds is 4. The summed E-state index contributed by atoms with van der Waals surface area (Å²) in [6, 6.07) is 10.6. The summed E-state index contributed by atoms with van der Waals surface area (Å²) in [5.74, 6) is -0.110. The highest BCUT2D eigenvalue weighted by Gasteiger charge is 2.11. The summed E-state index contributed by atoms with van der Waals surface area (Å²) in [7, 11) is 1.45. The van der Waals surface area contributed by atoms with Gasteiger partial charge in [-0.3, -0.25) is 0 Å². The van der Waals surface area contributed by atoms with E-state index in [0.29, 0.717) is 5.02 Å². The van der Waals surface area contributed by atoms with Gasteiger partial charge in [-0.05, 0) is 49.2 Å². The summed E-state index contributed by atoms with van der Waals surface area (Å²) in [4.78, 5) is 0. The van der Waals surface area contributed by atoms with Crippen LogP contribution in [0.15, 0.2) is 36.4 Å². The van der Waals surface area contributed by atoms with Crippen LogP contribution in [-0.4, -0.2) is 7.11 Å². The van der Waals surface area contributed by atoms with Crippen LogP contribution < -0.4 is 10.1 Å². The van der Waals surface area contributed by atoms with Crippen molar-refractivity contribution in [3.05, 3.63) is 58.4 Å². The molecular weight excluding hydrogens is 277 g/mol. The Bertz CT molecular complexity index is 615. The van der Waals surface area contributed by atoms with E-state index in [1.807, 2.05) is 38.1 Å². The van der Waals surface area contributed by atoms with Crippen molar-refractivity contribution < 1.29 is 9.13 Å². The van der Waals surface area contributed by atoms with E-state index in [2.05, 4.69) is 5.32 Å². The van der Waals surface area contributed by atoms with Crippen LogP contribution in [0.2, 0.25) is 5.02 Å². The van der Waals surface area contributed by atoms with Gasteiger partial charge in [0.25, 0.3) is 0 Å². The first kappa shape index (κ1) is 14.7. The highest BCUT2D eigenvalue weighted by molar-refractivity contribution is 6.31. The number of hydrogen-bond donors (Lipinski definition) is 1. The van der Waals surface area contributed by atoms with Gasteiger partial charge in [0.05, 0.1) is 7.11 Å². The van der Waals surface area contributed by atoms with E-state index in [9.17, 15) is 4.39 Å². The van der Waals surface area contributed by atoms with Gasteiger partial charge in [-0.2, -0.15) is 0 Å². The lowest BCUT2D eigenvalue weighted by Crippen LogP contribution is -2.08. The van der Waals surface area contributed by atoms with Crippen molar-refractivity contribution in [3.8, 4) is 5.75 Å². The fourth-order valence-corrected chi connectivity index (χ4v) is 2.21. The molecule has 0 heterocycles. The molecule has 2 rings (SSSR count). The van der Waals surface area contributed by atoms with Crippen LogP contribution in [0.25, 0.3) is 0 Å². The zero-order valence-corrected chi connectivity index (χ0v) is 12.5. The lowest BCUT2D eigenvalue weighted by molar-refractivity contribution is 0.386. The number of ether oxygens (including phenoxy) is 1. The predicted octanol–water partition coefficient (Wildman–Crippen LogP) is 4.97. The number of hydrogen-bond acceptors (Lipinski definition) is 2. The molecule has 2 aromatic carbocycles. The first-order chi connectivity index (χ1) is 9.52. The van der Waals surface area contributed by atoms with Crippen molar-refractivity contribution in [2.75, 3.05) is 12.4 Å². The van der Waals surface area contributed by atoms with E-state index >= 15 is 0 Å². The van der Waals surface area contributed by atoms with Gasteiger partial charge in [-0.25, -0.2) is 4.39 Å². The van der Waals surface area contributed by atoms with Crippen molar-refractivity contribution in [2.24, 2.45) is 0 Å². The molecule has 0 amide bonds. The van der Waals surface area contributed by atoms with E-state index in [1.165, 1.54) is 13.2 Å². The maximum atomic E-state index is 13.7. The predicted molar refractivity (Wildman–Crippen MR) is 81.2 cm³/mol. The minimum absolute atomic E-state index is 0.0347. The maximum absolute atomic E-state index is 13.7. The van der Waals surface area contributed by atoms with Gasteiger partial charge >= 0.3 is 0 Å². The molecule has 1 N–H and O–H groups in total. The summed E-state index contributed by atoms with van der Waals surface area (Å²) in [5, 5.41) is 4.05. The zero-order chi connectivity index (χ0) is 14.7. The van der Waals surface area contributed by atoms with E-state index in [1.54, 1.807) is 6.07 Å². The van der Waals surface area contributed by atoms with Gasteiger partial charge in [0.15, 0.2) is 11.6 Å². The number of methoxy groups -OCH3 is 1. The average molecular weight is 294 g/mol. The molecule has 0 spiro atoms. The second-order valence-electron chi connectivity index (χ2n) is 4.67. The minimum Gasteiger partial charge on any atom is -0.494 e. The Labute approximate surface area is 123 Å². The van der Waals surface area contributed by atoms with Gasteiger partial charge in [-0.1, -0.05) is 23.7 Å². The van der Waals surface area contributed by atoms with E-state index in [-0.39, 0.29) is 17.6 Å². The SMILES string of the molecule is COc1ccc(C(C)Nc2cccc(Cl)c2C)cc1F. The summed E-state index contributed by atoms with van der Waals surface area (Å²) < 4.78 is 18.6. The summed E-state index contributed by atoms with van der Waals surface area (Å²) in [6.45, 7) is 3.92. The largest absolute Gasteiger partial charge is 0.494 e. The standard InChI is InChI=1S/C16H17ClFNO/c1-10-13(17)5-4-6-15(10)19-11(2)12-7-8-16(20-3)14(18)9-12/h4-9,11,19H,1-3H3. The Morgan fingerprint density at radius 2 is 2.00 bits per heavy atom. The van der Waals surface area contributed by atoms with Crippen molar-refractivity contribution in [1.29, 1.82) is 0 Å². The van der Waals surface area contributed by atoms with Crippen LogP contribution in [0, 0.1) is 12.7 Å². The molecule has 4 heteroatoms. The lowest BCUT2D eigenvalue weighted by atomic mass is 10.1. The van der Waals surface area contributed by atoms with Crippen molar-refractivity contribution in [3.63, 3.8) is 0 Å². The quantitative estimate of drug-likeness (QED) is 0.859. The van der Waals surface area contributed by atoms with Crippen LogP contribution in [0.3, 0.4) is 0 Å². The van der Waals surface area contributed by atoms with Gasteiger partial charge in [0, 0.05) is 16.8 Å². The Hall–Kier alpha value is -1.74. The minimum atomic E-state index is -0.360. The molecule has 1 atom stereocenters. The first-order valence-electron chi connectivity index (χ1n) is 6.38. The Morgan fingerprint density at radius 1 is 1.25 bits per heavy atom. The molecule has 2 nitrogen and oxygen atoms in total. The molecule has 0 bridgehead atoms. The molecule has 2 aromatic rings. The molecule has 0 aliphatic carbocycles. The fourth-order valence-electron chi connectivity index (χ4n) is 2.03. The second kappa shape index (κ2) is 6.14. The molecule has 0 aliphatic rings. The highest BCUT2D eigenvalue weighted by atomic mass is 35.5. The number of anilines is 1. The fraction of sp³-hybridized carbons (Fsp3) is 0.250. The van der Waals surface area contributed by atoms with Crippen LogP contribution >= 0.6 is 11.6 Å². The lowest BCUT2D eigenvalue weighted by Gasteiger charge is -2.18. The molecule has 0 saturated carbocycles. The summed E-state index contributed by atoms with van der Waals surface area (Å²) in [6.07, 6.45) is 0. The van der Waals surface area contributed by atoms with Crippen LogP contribution in [0.5, 0.6) is 5.75 Å². The maximum Gasteiger partial charge on any atom is 0.165 e. The summed E-state index contributed by atoms with van der Waals surface area (Å²) in [5.41, 5.74) is 2.78. The van der Waals surface area contributed by atoms with Crippen molar-refractivity contribution in [2.45, 2.75) is 19.9 Å². The molecule has 0 aliphatic heterocycles. The van der Waals surface area contributed by atoms with Gasteiger partial charge in [0.1, 0.15) is 0 Å². The molecule has 0 aromatic heterocycles. The smallest absolute Gasteiger partial charge is 0.165 e. The van der Waals surface area contributed by atoms with E-state index in [4.69, 9.17) is 16.3 Å². The average Bonchev–Trinajstić information content (AvgIpc) is 2.43. The van der Waals surface area contributed by atoms with E-state index < -0.39 is 0 Å². The molecule has 0 radical (unpaired) electrons. The Kier molecular flexibility index (Phi) is 4.50. The van der Waals surface area contributed by atoms with E-state index in [0.717, 1.165) is 16.8 Å². The molecule has 1 unspecified atom stereocenters. The zero-order valence-electron chi connectivity index (χ0n) is 11.7. The first-order valence-corrected chi connectivity index (χ1v) is 6.76. The van der Waals surface area contributed by atoms with Gasteiger partial charge in [-0.15, -0.1) is 0 Å². The third kappa shape index (κ3) is 3.05. The Balaban J connectivity index is 2.21. The number of benzene rings is 2. The topological polar surface area (TPSA) is 21.3 Å². The number of nitrogens with one attached hydrogen (secondary N) is 1. The van der Waals surface area contributed by atoms with Gasteiger partial charge < -0.3 is 10.1 Å². The monoisotopic (exact) mass is 293 g/mol. The van der Waals surface area contributed by atoms with Crippen LogP contribution in [0.4, 0.5) is 10.1 Å². The molecule has 0 saturated heterocycles. The second-order valence-corrected chi connectivity index (χ2v) is 5.08. The third-order valence-electron chi connectivity index (χ3n) is 3.32. The molecule has 106 valence electrons. The highest BCUT2D eigenvalue weighted by Crippen LogP contribution is 2.28. The van der Waals surface area contributed by atoms with Gasteiger partial charge in [0.2, 0.25) is 0 Å².